The normalized spacial score (nSPS) is 24.5. The molecule has 0 aromatic heterocycles. The Morgan fingerprint density at radius 1 is 1.21 bits per heavy atom. The van der Waals surface area contributed by atoms with Gasteiger partial charge in [0, 0.05) is 13.0 Å². The quantitative estimate of drug-likeness (QED) is 0.893. The molecule has 1 aliphatic heterocycles. The topological polar surface area (TPSA) is 55.4 Å². The zero-order chi connectivity index (χ0) is 17.4. The summed E-state index contributed by atoms with van der Waals surface area (Å²) in [6, 6.07) is 4.55. The highest BCUT2D eigenvalue weighted by atomic mass is 32.2. The van der Waals surface area contributed by atoms with Gasteiger partial charge in [-0.05, 0) is 42.5 Å². The molecule has 2 unspecified atom stereocenters. The number of halogens is 3. The average molecular weight is 363 g/mol. The minimum absolute atomic E-state index is 0.0751. The summed E-state index contributed by atoms with van der Waals surface area (Å²) in [4.78, 5) is 0.0751. The standard InChI is InChI=1S/C16H20F3NO3S/c17-16(18,19)14-4-2-1-3-12(14)10-20-24(21,22)13-5-6-15-11(9-13)7-8-23-15/h5-6,9,12,14,20H,1-4,7-8,10H2. The number of alkyl halides is 3. The largest absolute Gasteiger partial charge is 0.493 e. The van der Waals surface area contributed by atoms with E-state index in [2.05, 4.69) is 4.72 Å². The Bertz CT molecular complexity index is 703. The monoisotopic (exact) mass is 363 g/mol. The van der Waals surface area contributed by atoms with Crippen LogP contribution in [0.2, 0.25) is 0 Å². The van der Waals surface area contributed by atoms with Gasteiger partial charge >= 0.3 is 6.18 Å². The van der Waals surface area contributed by atoms with Gasteiger partial charge in [-0.3, -0.25) is 0 Å². The molecule has 0 bridgehead atoms. The molecule has 0 saturated heterocycles. The van der Waals surface area contributed by atoms with Crippen LogP contribution in [-0.2, 0) is 16.4 Å². The van der Waals surface area contributed by atoms with Crippen LogP contribution >= 0.6 is 0 Å². The van der Waals surface area contributed by atoms with Crippen molar-refractivity contribution in [3.63, 3.8) is 0 Å². The summed E-state index contributed by atoms with van der Waals surface area (Å²) in [5.41, 5.74) is 0.809. The Labute approximate surface area is 139 Å². The fraction of sp³-hybridized carbons (Fsp3) is 0.625. The third-order valence-corrected chi connectivity index (χ3v) is 6.26. The van der Waals surface area contributed by atoms with E-state index in [1.54, 1.807) is 6.07 Å². The van der Waals surface area contributed by atoms with Crippen LogP contribution in [0.4, 0.5) is 13.2 Å². The number of nitrogens with one attached hydrogen (secondary N) is 1. The molecule has 2 atom stereocenters. The van der Waals surface area contributed by atoms with Crippen molar-refractivity contribution >= 4 is 10.0 Å². The molecular formula is C16H20F3NO3S. The molecule has 24 heavy (non-hydrogen) atoms. The second-order valence-electron chi connectivity index (χ2n) is 6.41. The zero-order valence-corrected chi connectivity index (χ0v) is 13.9. The summed E-state index contributed by atoms with van der Waals surface area (Å²) < 4.78 is 71.8. The maximum absolute atomic E-state index is 13.1. The molecule has 8 heteroatoms. The average Bonchev–Trinajstić information content (AvgIpc) is 3.00. The second-order valence-corrected chi connectivity index (χ2v) is 8.18. The van der Waals surface area contributed by atoms with E-state index < -0.39 is 28.0 Å². The van der Waals surface area contributed by atoms with Crippen molar-refractivity contribution in [2.75, 3.05) is 13.2 Å². The highest BCUT2D eigenvalue weighted by molar-refractivity contribution is 7.89. The molecule has 1 aromatic rings. The van der Waals surface area contributed by atoms with Crippen molar-refractivity contribution in [1.82, 2.24) is 4.72 Å². The predicted octanol–water partition coefficient (Wildman–Crippen LogP) is 3.27. The summed E-state index contributed by atoms with van der Waals surface area (Å²) in [7, 11) is -3.82. The fourth-order valence-corrected chi connectivity index (χ4v) is 4.66. The lowest BCUT2D eigenvalue weighted by atomic mass is 9.79. The van der Waals surface area contributed by atoms with Crippen LogP contribution in [0.1, 0.15) is 31.2 Å². The van der Waals surface area contributed by atoms with E-state index >= 15 is 0 Å². The van der Waals surface area contributed by atoms with Gasteiger partial charge in [0.25, 0.3) is 0 Å². The molecule has 134 valence electrons. The third-order valence-electron chi connectivity index (χ3n) is 4.84. The molecular weight excluding hydrogens is 343 g/mol. The minimum Gasteiger partial charge on any atom is -0.493 e. The highest BCUT2D eigenvalue weighted by Gasteiger charge is 2.45. The van der Waals surface area contributed by atoms with Crippen molar-refractivity contribution in [1.29, 1.82) is 0 Å². The lowest BCUT2D eigenvalue weighted by Crippen LogP contribution is -2.40. The summed E-state index contributed by atoms with van der Waals surface area (Å²) in [5.74, 6) is -1.47. The number of ether oxygens (including phenoxy) is 1. The Morgan fingerprint density at radius 2 is 1.96 bits per heavy atom. The molecule has 1 saturated carbocycles. The van der Waals surface area contributed by atoms with Crippen molar-refractivity contribution in [3.05, 3.63) is 23.8 Å². The van der Waals surface area contributed by atoms with E-state index in [0.717, 1.165) is 5.56 Å². The van der Waals surface area contributed by atoms with Gasteiger partial charge in [-0.15, -0.1) is 0 Å². The number of hydrogen-bond acceptors (Lipinski definition) is 3. The molecule has 0 spiro atoms. The lowest BCUT2D eigenvalue weighted by molar-refractivity contribution is -0.195. The SMILES string of the molecule is O=S(=O)(NCC1CCCCC1C(F)(F)F)c1ccc2c(c1)CCO2. The van der Waals surface area contributed by atoms with Crippen molar-refractivity contribution in [2.45, 2.75) is 43.2 Å². The van der Waals surface area contributed by atoms with E-state index in [-0.39, 0.29) is 17.9 Å². The first-order valence-electron chi connectivity index (χ1n) is 8.09. The van der Waals surface area contributed by atoms with Crippen LogP contribution in [0.25, 0.3) is 0 Å². The number of hydrogen-bond donors (Lipinski definition) is 1. The number of fused-ring (bicyclic) bond motifs is 1. The van der Waals surface area contributed by atoms with Gasteiger partial charge in [0.05, 0.1) is 17.4 Å². The van der Waals surface area contributed by atoms with E-state index in [1.807, 2.05) is 0 Å². The van der Waals surface area contributed by atoms with Crippen LogP contribution in [0.5, 0.6) is 5.75 Å². The van der Waals surface area contributed by atoms with Gasteiger partial charge in [0.15, 0.2) is 0 Å². The molecule has 1 N–H and O–H groups in total. The number of benzene rings is 1. The van der Waals surface area contributed by atoms with E-state index in [9.17, 15) is 21.6 Å². The molecule has 4 nitrogen and oxygen atoms in total. The zero-order valence-electron chi connectivity index (χ0n) is 13.1. The van der Waals surface area contributed by atoms with Gasteiger partial charge in [0.1, 0.15) is 5.75 Å². The van der Waals surface area contributed by atoms with Crippen molar-refractivity contribution in [3.8, 4) is 5.75 Å². The van der Waals surface area contributed by atoms with Gasteiger partial charge < -0.3 is 4.74 Å². The lowest BCUT2D eigenvalue weighted by Gasteiger charge is -2.33. The minimum atomic E-state index is -4.28. The smallest absolute Gasteiger partial charge is 0.392 e. The Kier molecular flexibility index (Phi) is 4.79. The van der Waals surface area contributed by atoms with Gasteiger partial charge in [-0.1, -0.05) is 12.8 Å². The molecule has 0 radical (unpaired) electrons. The van der Waals surface area contributed by atoms with Crippen LogP contribution in [0.3, 0.4) is 0 Å². The molecule has 1 heterocycles. The molecule has 0 amide bonds. The van der Waals surface area contributed by atoms with E-state index in [4.69, 9.17) is 4.74 Å². The van der Waals surface area contributed by atoms with Gasteiger partial charge in [-0.25, -0.2) is 13.1 Å². The summed E-state index contributed by atoms with van der Waals surface area (Å²) in [6.07, 6.45) is -1.93. The predicted molar refractivity (Wildman–Crippen MR) is 82.3 cm³/mol. The maximum Gasteiger partial charge on any atom is 0.392 e. The molecule has 2 aliphatic rings. The molecule has 1 aliphatic carbocycles. The molecule has 1 fully saturated rings. The van der Waals surface area contributed by atoms with E-state index in [0.29, 0.717) is 38.0 Å². The Morgan fingerprint density at radius 3 is 2.71 bits per heavy atom. The van der Waals surface area contributed by atoms with E-state index in [1.165, 1.54) is 12.1 Å². The first-order valence-corrected chi connectivity index (χ1v) is 9.58. The van der Waals surface area contributed by atoms with Crippen LogP contribution in [0, 0.1) is 11.8 Å². The number of sulfonamides is 1. The Hall–Kier alpha value is -1.28. The van der Waals surface area contributed by atoms with Crippen molar-refractivity contribution in [2.24, 2.45) is 11.8 Å². The first kappa shape index (κ1) is 17.5. The van der Waals surface area contributed by atoms with Gasteiger partial charge in [0.2, 0.25) is 10.0 Å². The molecule has 3 rings (SSSR count). The summed E-state index contributed by atoms with van der Waals surface area (Å²) in [6.45, 7) is 0.335. The third kappa shape index (κ3) is 3.69. The number of rotatable bonds is 4. The highest BCUT2D eigenvalue weighted by Crippen LogP contribution is 2.41. The second kappa shape index (κ2) is 6.55. The maximum atomic E-state index is 13.1. The van der Waals surface area contributed by atoms with Gasteiger partial charge in [-0.2, -0.15) is 13.2 Å². The summed E-state index contributed by atoms with van der Waals surface area (Å²) in [5, 5.41) is 0. The van der Waals surface area contributed by atoms with Crippen LogP contribution in [0.15, 0.2) is 23.1 Å². The molecule has 1 aromatic carbocycles. The first-order chi connectivity index (χ1) is 11.3. The van der Waals surface area contributed by atoms with Crippen LogP contribution < -0.4 is 9.46 Å². The van der Waals surface area contributed by atoms with Crippen molar-refractivity contribution < 1.29 is 26.3 Å². The van der Waals surface area contributed by atoms with Crippen LogP contribution in [-0.4, -0.2) is 27.7 Å². The summed E-state index contributed by atoms with van der Waals surface area (Å²) >= 11 is 0. The fourth-order valence-electron chi connectivity index (χ4n) is 3.51. The Balaban J connectivity index is 1.70.